The Balaban J connectivity index is 4.02. The third kappa shape index (κ3) is 11.1. The molecular weight excluding hydrogens is 272 g/mol. The zero-order valence-corrected chi connectivity index (χ0v) is 15.2. The first-order valence-corrected chi connectivity index (χ1v) is 8.11. The second-order valence-electron chi connectivity index (χ2n) is 6.03. The maximum absolute atomic E-state index is 11.5. The van der Waals surface area contributed by atoms with Crippen LogP contribution in [0.2, 0.25) is 0 Å². The maximum Gasteiger partial charge on any atom is 0.333 e. The molecule has 0 amide bonds. The Morgan fingerprint density at radius 2 is 1.41 bits per heavy atom. The Kier molecular flexibility index (Phi) is 11.2. The number of hydrogen-bond acceptors (Lipinski definition) is 2. The number of allylic oxidation sites excluding steroid dienone is 6. The van der Waals surface area contributed by atoms with E-state index in [0.29, 0.717) is 12.2 Å². The van der Waals surface area contributed by atoms with E-state index in [1.807, 2.05) is 13.0 Å². The highest BCUT2D eigenvalue weighted by molar-refractivity contribution is 5.87. The molecule has 0 unspecified atom stereocenters. The second-order valence-corrected chi connectivity index (χ2v) is 6.03. The molecule has 0 atom stereocenters. The highest BCUT2D eigenvalue weighted by Gasteiger charge is 2.02. The molecule has 0 radical (unpaired) electrons. The fourth-order valence-electron chi connectivity index (χ4n) is 1.83. The monoisotopic (exact) mass is 304 g/mol. The SMILES string of the molecule is C/C=C(\C)C(=O)OCC=C(C)CCC=C(C)CCC=C(C)C. The molecule has 0 heterocycles. The lowest BCUT2D eigenvalue weighted by molar-refractivity contribution is -0.137. The van der Waals surface area contributed by atoms with Gasteiger partial charge in [-0.25, -0.2) is 4.79 Å². The van der Waals surface area contributed by atoms with Gasteiger partial charge in [0.05, 0.1) is 0 Å². The molecule has 124 valence electrons. The van der Waals surface area contributed by atoms with Gasteiger partial charge in [0.15, 0.2) is 0 Å². The fraction of sp³-hybridized carbons (Fsp3) is 0.550. The Morgan fingerprint density at radius 3 is 1.95 bits per heavy atom. The molecule has 0 rings (SSSR count). The number of carbonyl (C=O) groups is 1. The Hall–Kier alpha value is -1.57. The molecule has 0 aliphatic rings. The summed E-state index contributed by atoms with van der Waals surface area (Å²) < 4.78 is 5.16. The van der Waals surface area contributed by atoms with Crippen LogP contribution in [0.3, 0.4) is 0 Å². The summed E-state index contributed by atoms with van der Waals surface area (Å²) >= 11 is 0. The molecule has 0 saturated heterocycles. The van der Waals surface area contributed by atoms with Crippen LogP contribution in [-0.2, 0) is 9.53 Å². The molecule has 0 aromatic carbocycles. The Bertz CT molecular complexity index is 458. The summed E-state index contributed by atoms with van der Waals surface area (Å²) in [6.07, 6.45) is 12.7. The minimum atomic E-state index is -0.235. The zero-order chi connectivity index (χ0) is 17.0. The molecule has 0 spiro atoms. The van der Waals surface area contributed by atoms with Crippen LogP contribution in [-0.4, -0.2) is 12.6 Å². The van der Waals surface area contributed by atoms with Gasteiger partial charge in [-0.3, -0.25) is 0 Å². The predicted molar refractivity (Wildman–Crippen MR) is 95.8 cm³/mol. The number of esters is 1. The van der Waals surface area contributed by atoms with E-state index < -0.39 is 0 Å². The van der Waals surface area contributed by atoms with Crippen molar-refractivity contribution in [1.82, 2.24) is 0 Å². The van der Waals surface area contributed by atoms with Gasteiger partial charge < -0.3 is 4.74 Å². The molecular formula is C20H32O2. The first kappa shape index (κ1) is 20.4. The van der Waals surface area contributed by atoms with Crippen molar-refractivity contribution in [2.75, 3.05) is 6.61 Å². The molecule has 0 bridgehead atoms. The molecule has 0 aliphatic heterocycles. The minimum Gasteiger partial charge on any atom is -0.458 e. The van der Waals surface area contributed by atoms with Crippen LogP contribution < -0.4 is 0 Å². The van der Waals surface area contributed by atoms with Crippen molar-refractivity contribution in [3.05, 3.63) is 46.6 Å². The zero-order valence-electron chi connectivity index (χ0n) is 15.2. The largest absolute Gasteiger partial charge is 0.458 e. The van der Waals surface area contributed by atoms with E-state index in [-0.39, 0.29) is 5.97 Å². The summed E-state index contributed by atoms with van der Waals surface area (Å²) in [4.78, 5) is 11.5. The quantitative estimate of drug-likeness (QED) is 0.300. The van der Waals surface area contributed by atoms with Gasteiger partial charge >= 0.3 is 5.97 Å². The van der Waals surface area contributed by atoms with Crippen molar-refractivity contribution in [2.24, 2.45) is 0 Å². The normalized spacial score (nSPS) is 13.1. The van der Waals surface area contributed by atoms with Gasteiger partial charge in [0.1, 0.15) is 6.61 Å². The first-order chi connectivity index (χ1) is 10.4. The average Bonchev–Trinajstić information content (AvgIpc) is 2.45. The average molecular weight is 304 g/mol. The fourth-order valence-corrected chi connectivity index (χ4v) is 1.83. The highest BCUT2D eigenvalue weighted by atomic mass is 16.5. The third-order valence-corrected chi connectivity index (χ3v) is 3.52. The van der Waals surface area contributed by atoms with E-state index in [1.165, 1.54) is 16.7 Å². The van der Waals surface area contributed by atoms with Crippen LogP contribution >= 0.6 is 0 Å². The van der Waals surface area contributed by atoms with Gasteiger partial charge in [0, 0.05) is 5.57 Å². The number of hydrogen-bond donors (Lipinski definition) is 0. The van der Waals surface area contributed by atoms with Gasteiger partial charge in [-0.15, -0.1) is 0 Å². The minimum absolute atomic E-state index is 0.235. The van der Waals surface area contributed by atoms with Crippen molar-refractivity contribution in [2.45, 2.75) is 67.2 Å². The maximum atomic E-state index is 11.5. The lowest BCUT2D eigenvalue weighted by atomic mass is 10.1. The van der Waals surface area contributed by atoms with E-state index in [2.05, 4.69) is 39.8 Å². The predicted octanol–water partition coefficient (Wildman–Crippen LogP) is 5.92. The van der Waals surface area contributed by atoms with Crippen LogP contribution in [0, 0.1) is 0 Å². The lowest BCUT2D eigenvalue weighted by Gasteiger charge is -2.03. The molecule has 0 aliphatic carbocycles. The van der Waals surface area contributed by atoms with Crippen molar-refractivity contribution in [3.63, 3.8) is 0 Å². The van der Waals surface area contributed by atoms with E-state index in [1.54, 1.807) is 13.0 Å². The third-order valence-electron chi connectivity index (χ3n) is 3.52. The van der Waals surface area contributed by atoms with E-state index in [0.717, 1.165) is 25.7 Å². The van der Waals surface area contributed by atoms with Crippen LogP contribution in [0.25, 0.3) is 0 Å². The molecule has 0 N–H and O–H groups in total. The number of carbonyl (C=O) groups excluding carboxylic acids is 1. The topological polar surface area (TPSA) is 26.3 Å². The van der Waals surface area contributed by atoms with Gasteiger partial charge in [0.25, 0.3) is 0 Å². The van der Waals surface area contributed by atoms with Gasteiger partial charge in [-0.05, 0) is 73.3 Å². The summed E-state index contributed by atoms with van der Waals surface area (Å²) in [6, 6.07) is 0. The number of ether oxygens (including phenoxy) is 1. The van der Waals surface area contributed by atoms with Crippen LogP contribution in [0.5, 0.6) is 0 Å². The van der Waals surface area contributed by atoms with Gasteiger partial charge in [-0.1, -0.05) is 34.9 Å². The Morgan fingerprint density at radius 1 is 0.864 bits per heavy atom. The van der Waals surface area contributed by atoms with Gasteiger partial charge in [0.2, 0.25) is 0 Å². The molecule has 22 heavy (non-hydrogen) atoms. The van der Waals surface area contributed by atoms with Crippen molar-refractivity contribution in [3.8, 4) is 0 Å². The summed E-state index contributed by atoms with van der Waals surface area (Å²) in [7, 11) is 0. The van der Waals surface area contributed by atoms with Gasteiger partial charge in [-0.2, -0.15) is 0 Å². The molecule has 0 fully saturated rings. The van der Waals surface area contributed by atoms with Crippen LogP contribution in [0.4, 0.5) is 0 Å². The molecule has 0 aromatic heterocycles. The Labute approximate surface area is 136 Å². The second kappa shape index (κ2) is 12.0. The van der Waals surface area contributed by atoms with Crippen LogP contribution in [0.15, 0.2) is 46.6 Å². The first-order valence-electron chi connectivity index (χ1n) is 8.11. The molecule has 0 saturated carbocycles. The van der Waals surface area contributed by atoms with E-state index in [9.17, 15) is 4.79 Å². The summed E-state index contributed by atoms with van der Waals surface area (Å²) in [6.45, 7) is 12.5. The highest BCUT2D eigenvalue weighted by Crippen LogP contribution is 2.11. The molecule has 2 nitrogen and oxygen atoms in total. The molecule has 2 heteroatoms. The lowest BCUT2D eigenvalue weighted by Crippen LogP contribution is -2.05. The van der Waals surface area contributed by atoms with E-state index in [4.69, 9.17) is 4.74 Å². The number of rotatable bonds is 9. The van der Waals surface area contributed by atoms with E-state index >= 15 is 0 Å². The standard InChI is InChI=1S/C20H32O2/c1-7-19(6)20(21)22-15-14-18(5)13-9-12-17(4)11-8-10-16(2)3/h7,10,12,14H,8-9,11,13,15H2,1-6H3/b17-12?,18-14?,19-7+. The summed E-state index contributed by atoms with van der Waals surface area (Å²) in [5, 5.41) is 0. The van der Waals surface area contributed by atoms with Crippen LogP contribution in [0.1, 0.15) is 67.2 Å². The van der Waals surface area contributed by atoms with Crippen molar-refractivity contribution < 1.29 is 9.53 Å². The summed E-state index contributed by atoms with van der Waals surface area (Å²) in [5.74, 6) is -0.235. The van der Waals surface area contributed by atoms with Crippen molar-refractivity contribution >= 4 is 5.97 Å². The van der Waals surface area contributed by atoms with Crippen molar-refractivity contribution in [1.29, 1.82) is 0 Å². The molecule has 0 aromatic rings. The smallest absolute Gasteiger partial charge is 0.333 e. The summed E-state index contributed by atoms with van der Waals surface area (Å²) in [5.41, 5.74) is 4.75.